The van der Waals surface area contributed by atoms with Crippen molar-refractivity contribution in [2.75, 3.05) is 13.9 Å². The van der Waals surface area contributed by atoms with Gasteiger partial charge in [0.15, 0.2) is 0 Å². The molecule has 0 spiro atoms. The van der Waals surface area contributed by atoms with Gasteiger partial charge in [-0.3, -0.25) is 0 Å². The molecule has 4 bridgehead atoms. The van der Waals surface area contributed by atoms with E-state index < -0.39 is 5.60 Å². The molecule has 0 amide bonds. The molecule has 20 heavy (non-hydrogen) atoms. The Hall–Kier alpha value is -0.120. The van der Waals surface area contributed by atoms with Crippen molar-refractivity contribution in [2.24, 2.45) is 17.3 Å². The minimum absolute atomic E-state index is 0.0155. The second kappa shape index (κ2) is 4.96. The average Bonchev–Trinajstić information content (AvgIpc) is 2.42. The summed E-state index contributed by atoms with van der Waals surface area (Å²) in [6, 6.07) is 0. The molecule has 0 aliphatic heterocycles. The fourth-order valence-corrected chi connectivity index (χ4v) is 6.08. The minimum Gasteiger partial charge on any atom is -0.389 e. The van der Waals surface area contributed by atoms with Crippen LogP contribution in [0.5, 0.6) is 0 Å². The van der Waals surface area contributed by atoms with Gasteiger partial charge in [-0.1, -0.05) is 13.8 Å². The highest BCUT2D eigenvalue weighted by atomic mass is 16.7. The molecule has 0 aromatic carbocycles. The summed E-state index contributed by atoms with van der Waals surface area (Å²) in [5.41, 5.74) is -0.431. The van der Waals surface area contributed by atoms with E-state index in [0.717, 1.165) is 31.1 Å². The first-order valence-corrected chi connectivity index (χ1v) is 8.36. The predicted octanol–water partition coefficient (Wildman–Crippen LogP) is 3.50. The Morgan fingerprint density at radius 2 is 1.70 bits per heavy atom. The summed E-state index contributed by atoms with van der Waals surface area (Å²) < 4.78 is 11.3. The van der Waals surface area contributed by atoms with E-state index in [1.54, 1.807) is 7.11 Å². The van der Waals surface area contributed by atoms with Crippen LogP contribution in [0.2, 0.25) is 0 Å². The Morgan fingerprint density at radius 3 is 2.20 bits per heavy atom. The Bertz CT molecular complexity index is 347. The van der Waals surface area contributed by atoms with Gasteiger partial charge in [-0.2, -0.15) is 0 Å². The first kappa shape index (κ1) is 14.8. The van der Waals surface area contributed by atoms with E-state index >= 15 is 0 Å². The third kappa shape index (κ3) is 2.05. The molecule has 1 N–H and O–H groups in total. The van der Waals surface area contributed by atoms with Crippen molar-refractivity contribution >= 4 is 0 Å². The van der Waals surface area contributed by atoms with Gasteiger partial charge in [0, 0.05) is 12.5 Å². The van der Waals surface area contributed by atoms with Gasteiger partial charge in [-0.05, 0) is 63.2 Å². The molecule has 3 nitrogen and oxygen atoms in total. The predicted molar refractivity (Wildman–Crippen MR) is 78.3 cm³/mol. The van der Waals surface area contributed by atoms with E-state index in [2.05, 4.69) is 13.8 Å². The highest BCUT2D eigenvalue weighted by molar-refractivity contribution is 5.14. The molecule has 2 unspecified atom stereocenters. The van der Waals surface area contributed by atoms with Crippen molar-refractivity contribution in [3.05, 3.63) is 0 Å². The molecule has 0 saturated heterocycles. The zero-order valence-corrected chi connectivity index (χ0v) is 13.3. The summed E-state index contributed by atoms with van der Waals surface area (Å²) in [5.74, 6) is 1.50. The van der Waals surface area contributed by atoms with Crippen molar-refractivity contribution in [2.45, 2.75) is 76.4 Å². The zero-order valence-electron chi connectivity index (χ0n) is 13.3. The summed E-state index contributed by atoms with van der Waals surface area (Å²) >= 11 is 0. The molecule has 0 aromatic rings. The molecule has 4 fully saturated rings. The van der Waals surface area contributed by atoms with Crippen LogP contribution in [0.3, 0.4) is 0 Å². The average molecular weight is 282 g/mol. The van der Waals surface area contributed by atoms with Gasteiger partial charge in [-0.15, -0.1) is 0 Å². The highest BCUT2D eigenvalue weighted by Gasteiger charge is 2.63. The number of hydrogen-bond donors (Lipinski definition) is 1. The third-order valence-electron chi connectivity index (χ3n) is 6.65. The fourth-order valence-electron chi connectivity index (χ4n) is 6.08. The molecule has 4 rings (SSSR count). The van der Waals surface area contributed by atoms with E-state index in [1.807, 2.05) is 0 Å². The molecule has 0 heterocycles. The maximum absolute atomic E-state index is 11.2. The normalized spacial score (nSPS) is 43.2. The maximum Gasteiger partial charge on any atom is 0.147 e. The van der Waals surface area contributed by atoms with E-state index in [0.29, 0.717) is 6.79 Å². The van der Waals surface area contributed by atoms with Crippen LogP contribution in [0.15, 0.2) is 0 Å². The van der Waals surface area contributed by atoms with Gasteiger partial charge in [0.05, 0.1) is 11.2 Å². The van der Waals surface area contributed by atoms with Crippen LogP contribution in [0.25, 0.3) is 0 Å². The van der Waals surface area contributed by atoms with Crippen LogP contribution in [0, 0.1) is 17.3 Å². The lowest BCUT2D eigenvalue weighted by Crippen LogP contribution is -2.64. The summed E-state index contributed by atoms with van der Waals surface area (Å²) in [7, 11) is 1.70. The quantitative estimate of drug-likeness (QED) is 0.758. The Morgan fingerprint density at radius 1 is 1.10 bits per heavy atom. The van der Waals surface area contributed by atoms with Gasteiger partial charge in [0.2, 0.25) is 0 Å². The number of ether oxygens (including phenoxy) is 2. The van der Waals surface area contributed by atoms with Crippen LogP contribution in [-0.2, 0) is 9.47 Å². The molecule has 0 radical (unpaired) electrons. The smallest absolute Gasteiger partial charge is 0.147 e. The van der Waals surface area contributed by atoms with Crippen LogP contribution in [0.4, 0.5) is 0 Å². The summed E-state index contributed by atoms with van der Waals surface area (Å²) in [5, 5.41) is 11.2. The summed E-state index contributed by atoms with van der Waals surface area (Å²) in [6.07, 6.45) is 8.89. The lowest BCUT2D eigenvalue weighted by Gasteiger charge is -2.65. The van der Waals surface area contributed by atoms with Crippen LogP contribution >= 0.6 is 0 Å². The first-order valence-electron chi connectivity index (χ1n) is 8.36. The molecule has 2 atom stereocenters. The lowest BCUT2D eigenvalue weighted by atomic mass is 9.43. The van der Waals surface area contributed by atoms with Crippen LogP contribution < -0.4 is 0 Å². The molecule has 4 saturated carbocycles. The van der Waals surface area contributed by atoms with Crippen molar-refractivity contribution < 1.29 is 14.6 Å². The minimum atomic E-state index is -0.507. The summed E-state index contributed by atoms with van der Waals surface area (Å²) in [4.78, 5) is 0. The highest BCUT2D eigenvalue weighted by Crippen LogP contribution is 2.66. The van der Waals surface area contributed by atoms with Gasteiger partial charge in [0.1, 0.15) is 6.79 Å². The number of rotatable bonds is 6. The van der Waals surface area contributed by atoms with Crippen molar-refractivity contribution in [1.82, 2.24) is 0 Å². The molecule has 116 valence electrons. The SMILES string of the molecule is CCC(O)(CC)C12CC3CC(CC(OCOC)(C3)C1)C2. The molecular weight excluding hydrogens is 252 g/mol. The number of hydrogen-bond acceptors (Lipinski definition) is 3. The van der Waals surface area contributed by atoms with Crippen LogP contribution in [-0.4, -0.2) is 30.2 Å². The van der Waals surface area contributed by atoms with Gasteiger partial charge >= 0.3 is 0 Å². The second-order valence-electron chi connectivity index (χ2n) is 7.71. The zero-order chi connectivity index (χ0) is 14.4. The first-order chi connectivity index (χ1) is 9.50. The standard InChI is InChI=1S/C17H30O3/c1-4-17(18,5-2)15-7-13-6-14(8-15)10-16(9-13,11-15)20-12-19-3/h13-14,18H,4-12H2,1-3H3. The molecule has 3 heteroatoms. The van der Waals surface area contributed by atoms with Gasteiger partial charge < -0.3 is 14.6 Å². The Kier molecular flexibility index (Phi) is 3.67. The third-order valence-corrected chi connectivity index (χ3v) is 6.65. The maximum atomic E-state index is 11.2. The number of methoxy groups -OCH3 is 1. The molecule has 4 aliphatic rings. The lowest BCUT2D eigenvalue weighted by molar-refractivity contribution is -0.263. The van der Waals surface area contributed by atoms with Crippen molar-refractivity contribution in [3.63, 3.8) is 0 Å². The molecule has 0 aromatic heterocycles. The number of aliphatic hydroxyl groups is 1. The summed E-state index contributed by atoms with van der Waals surface area (Å²) in [6.45, 7) is 4.68. The van der Waals surface area contributed by atoms with Crippen molar-refractivity contribution in [1.29, 1.82) is 0 Å². The van der Waals surface area contributed by atoms with E-state index in [-0.39, 0.29) is 11.0 Å². The fraction of sp³-hybridized carbons (Fsp3) is 1.00. The second-order valence-corrected chi connectivity index (χ2v) is 7.71. The Labute approximate surface area is 123 Å². The monoisotopic (exact) mass is 282 g/mol. The Balaban J connectivity index is 1.90. The topological polar surface area (TPSA) is 38.7 Å². The van der Waals surface area contributed by atoms with Crippen molar-refractivity contribution in [3.8, 4) is 0 Å². The molecular formula is C17H30O3. The molecule has 4 aliphatic carbocycles. The van der Waals surface area contributed by atoms with E-state index in [9.17, 15) is 5.11 Å². The van der Waals surface area contributed by atoms with Gasteiger partial charge in [0.25, 0.3) is 0 Å². The van der Waals surface area contributed by atoms with E-state index in [4.69, 9.17) is 9.47 Å². The van der Waals surface area contributed by atoms with E-state index in [1.165, 1.54) is 32.1 Å². The van der Waals surface area contributed by atoms with Crippen LogP contribution in [0.1, 0.15) is 65.2 Å². The van der Waals surface area contributed by atoms with Gasteiger partial charge in [-0.25, -0.2) is 0 Å². The largest absolute Gasteiger partial charge is 0.389 e.